The summed E-state index contributed by atoms with van der Waals surface area (Å²) in [6.45, 7) is 4.21. The van der Waals surface area contributed by atoms with E-state index >= 15 is 0 Å². The van der Waals surface area contributed by atoms with Crippen molar-refractivity contribution in [2.75, 3.05) is 19.8 Å². The van der Waals surface area contributed by atoms with Crippen molar-refractivity contribution in [1.82, 2.24) is 5.32 Å². The van der Waals surface area contributed by atoms with Crippen LogP contribution in [-0.4, -0.2) is 30.9 Å². The number of hydrogen-bond acceptors (Lipinski definition) is 3. The van der Waals surface area contributed by atoms with Gasteiger partial charge < -0.3 is 10.1 Å². The Morgan fingerprint density at radius 1 is 1.32 bits per heavy atom. The van der Waals surface area contributed by atoms with Crippen LogP contribution in [0.4, 0.5) is 0 Å². The average molecular weight is 281 g/mol. The highest BCUT2D eigenvalue weighted by molar-refractivity contribution is 7.81. The van der Waals surface area contributed by atoms with Crippen LogP contribution < -0.4 is 5.32 Å². The molecular weight excluding hydrogens is 258 g/mol. The minimum atomic E-state index is -0.293. The summed E-state index contributed by atoms with van der Waals surface area (Å²) < 4.78 is 5.35. The van der Waals surface area contributed by atoms with Crippen molar-refractivity contribution in [1.29, 1.82) is 0 Å². The first kappa shape index (κ1) is 16.1. The summed E-state index contributed by atoms with van der Waals surface area (Å²) in [4.78, 5) is 11.8. The largest absolute Gasteiger partial charge is 0.381 e. The molecule has 0 aromatic heterocycles. The standard InChI is InChI=1S/C15H23NO2S/c1-2-10-18-11-6-9-16-15(17)14(19)12-13-7-4-3-5-8-13/h3-5,7-8,14,19H,2,6,9-12H2,1H3,(H,16,17). The molecule has 0 radical (unpaired) electrons. The fourth-order valence-corrected chi connectivity index (χ4v) is 1.98. The molecule has 0 bridgehead atoms. The van der Waals surface area contributed by atoms with Crippen LogP contribution >= 0.6 is 12.6 Å². The molecule has 3 nitrogen and oxygen atoms in total. The second-order valence-electron chi connectivity index (χ2n) is 4.46. The quantitative estimate of drug-likeness (QED) is 0.539. The van der Waals surface area contributed by atoms with E-state index in [1.807, 2.05) is 30.3 Å². The molecule has 19 heavy (non-hydrogen) atoms. The molecule has 1 atom stereocenters. The van der Waals surface area contributed by atoms with Crippen molar-refractivity contribution in [3.05, 3.63) is 35.9 Å². The Hall–Kier alpha value is -1.00. The van der Waals surface area contributed by atoms with Gasteiger partial charge in [-0.15, -0.1) is 0 Å². The number of thiol groups is 1. The van der Waals surface area contributed by atoms with Crippen LogP contribution in [0.5, 0.6) is 0 Å². The van der Waals surface area contributed by atoms with Crippen molar-refractivity contribution in [2.24, 2.45) is 0 Å². The molecule has 0 saturated carbocycles. The number of ether oxygens (including phenoxy) is 1. The summed E-state index contributed by atoms with van der Waals surface area (Å²) in [5, 5.41) is 2.59. The van der Waals surface area contributed by atoms with Gasteiger partial charge in [0.2, 0.25) is 5.91 Å². The summed E-state index contributed by atoms with van der Waals surface area (Å²) in [5.41, 5.74) is 1.13. The molecule has 0 aliphatic heterocycles. The van der Waals surface area contributed by atoms with Gasteiger partial charge in [-0.2, -0.15) is 12.6 Å². The summed E-state index contributed by atoms with van der Waals surface area (Å²) in [6.07, 6.45) is 2.53. The molecule has 0 heterocycles. The summed E-state index contributed by atoms with van der Waals surface area (Å²) >= 11 is 4.35. The number of nitrogens with one attached hydrogen (secondary N) is 1. The lowest BCUT2D eigenvalue weighted by atomic mass is 10.1. The molecule has 0 aliphatic carbocycles. The molecule has 1 N–H and O–H groups in total. The van der Waals surface area contributed by atoms with E-state index in [0.29, 0.717) is 19.6 Å². The number of hydrogen-bond donors (Lipinski definition) is 2. The third-order valence-electron chi connectivity index (χ3n) is 2.69. The first-order chi connectivity index (χ1) is 9.24. The Kier molecular flexibility index (Phi) is 8.34. The van der Waals surface area contributed by atoms with E-state index < -0.39 is 0 Å². The summed E-state index contributed by atoms with van der Waals surface area (Å²) in [5.74, 6) is -0.0114. The van der Waals surface area contributed by atoms with Gasteiger partial charge >= 0.3 is 0 Å². The predicted octanol–water partition coefficient (Wildman–Crippen LogP) is 2.46. The molecule has 1 rings (SSSR count). The third-order valence-corrected chi connectivity index (χ3v) is 3.10. The second kappa shape index (κ2) is 9.87. The molecule has 1 amide bonds. The lowest BCUT2D eigenvalue weighted by Gasteiger charge is -2.11. The molecule has 106 valence electrons. The van der Waals surface area contributed by atoms with Crippen molar-refractivity contribution in [2.45, 2.75) is 31.4 Å². The molecule has 1 unspecified atom stereocenters. The number of rotatable bonds is 9. The van der Waals surface area contributed by atoms with Crippen LogP contribution in [0.3, 0.4) is 0 Å². The summed E-state index contributed by atoms with van der Waals surface area (Å²) in [7, 11) is 0. The molecule has 0 spiro atoms. The van der Waals surface area contributed by atoms with E-state index in [0.717, 1.165) is 25.0 Å². The van der Waals surface area contributed by atoms with Crippen LogP contribution in [0, 0.1) is 0 Å². The van der Waals surface area contributed by atoms with Gasteiger partial charge in [0.05, 0.1) is 5.25 Å². The maximum atomic E-state index is 11.8. The van der Waals surface area contributed by atoms with E-state index in [4.69, 9.17) is 4.74 Å². The Morgan fingerprint density at radius 2 is 2.05 bits per heavy atom. The zero-order valence-electron chi connectivity index (χ0n) is 11.5. The van der Waals surface area contributed by atoms with Crippen molar-refractivity contribution in [3.8, 4) is 0 Å². The number of benzene rings is 1. The summed E-state index contributed by atoms with van der Waals surface area (Å²) in [6, 6.07) is 9.93. The Labute approximate surface area is 121 Å². The fourth-order valence-electron chi connectivity index (χ4n) is 1.68. The highest BCUT2D eigenvalue weighted by atomic mass is 32.1. The van der Waals surface area contributed by atoms with E-state index in [2.05, 4.69) is 24.9 Å². The van der Waals surface area contributed by atoms with Gasteiger partial charge in [0, 0.05) is 19.8 Å². The van der Waals surface area contributed by atoms with E-state index in [1.54, 1.807) is 0 Å². The topological polar surface area (TPSA) is 38.3 Å². The van der Waals surface area contributed by atoms with Gasteiger partial charge in [0.1, 0.15) is 0 Å². The van der Waals surface area contributed by atoms with E-state index in [1.165, 1.54) is 0 Å². The molecule has 4 heteroatoms. The van der Waals surface area contributed by atoms with Crippen molar-refractivity contribution in [3.63, 3.8) is 0 Å². The minimum Gasteiger partial charge on any atom is -0.381 e. The number of carbonyl (C=O) groups excluding carboxylic acids is 1. The first-order valence-electron chi connectivity index (χ1n) is 6.81. The monoisotopic (exact) mass is 281 g/mol. The fraction of sp³-hybridized carbons (Fsp3) is 0.533. The first-order valence-corrected chi connectivity index (χ1v) is 7.33. The average Bonchev–Trinajstić information content (AvgIpc) is 2.43. The van der Waals surface area contributed by atoms with Crippen molar-refractivity contribution < 1.29 is 9.53 Å². The SMILES string of the molecule is CCCOCCCNC(=O)C(S)Cc1ccccc1. The normalized spacial score (nSPS) is 12.1. The molecular formula is C15H23NO2S. The Morgan fingerprint density at radius 3 is 2.74 bits per heavy atom. The number of carbonyl (C=O) groups is 1. The van der Waals surface area contributed by atoms with Gasteiger partial charge in [-0.05, 0) is 24.8 Å². The molecule has 1 aromatic carbocycles. The Bertz CT molecular complexity index is 356. The molecule has 1 aromatic rings. The highest BCUT2D eigenvalue weighted by Gasteiger charge is 2.13. The second-order valence-corrected chi connectivity index (χ2v) is 5.09. The van der Waals surface area contributed by atoms with Crippen LogP contribution in [0.2, 0.25) is 0 Å². The van der Waals surface area contributed by atoms with Gasteiger partial charge in [-0.3, -0.25) is 4.79 Å². The van der Waals surface area contributed by atoms with Gasteiger partial charge in [0.25, 0.3) is 0 Å². The zero-order valence-corrected chi connectivity index (χ0v) is 12.4. The smallest absolute Gasteiger partial charge is 0.233 e. The number of amides is 1. The van der Waals surface area contributed by atoms with E-state index in [9.17, 15) is 4.79 Å². The predicted molar refractivity (Wildman–Crippen MR) is 81.7 cm³/mol. The molecule has 0 saturated heterocycles. The maximum absolute atomic E-state index is 11.8. The Balaban J connectivity index is 2.15. The molecule has 0 aliphatic rings. The maximum Gasteiger partial charge on any atom is 0.233 e. The van der Waals surface area contributed by atoms with Crippen LogP contribution in [-0.2, 0) is 16.0 Å². The highest BCUT2D eigenvalue weighted by Crippen LogP contribution is 2.07. The van der Waals surface area contributed by atoms with Gasteiger partial charge in [0.15, 0.2) is 0 Å². The lowest BCUT2D eigenvalue weighted by Crippen LogP contribution is -2.33. The van der Waals surface area contributed by atoms with Gasteiger partial charge in [-0.1, -0.05) is 37.3 Å². The lowest BCUT2D eigenvalue weighted by molar-refractivity contribution is -0.120. The minimum absolute atomic E-state index is 0.0114. The van der Waals surface area contributed by atoms with E-state index in [-0.39, 0.29) is 11.2 Å². The zero-order chi connectivity index (χ0) is 13.9. The van der Waals surface area contributed by atoms with Crippen LogP contribution in [0.1, 0.15) is 25.3 Å². The van der Waals surface area contributed by atoms with Crippen LogP contribution in [0.25, 0.3) is 0 Å². The molecule has 0 fully saturated rings. The third kappa shape index (κ3) is 7.23. The van der Waals surface area contributed by atoms with Gasteiger partial charge in [-0.25, -0.2) is 0 Å². The van der Waals surface area contributed by atoms with Crippen molar-refractivity contribution >= 4 is 18.5 Å². The van der Waals surface area contributed by atoms with Crippen LogP contribution in [0.15, 0.2) is 30.3 Å².